The van der Waals surface area contributed by atoms with Gasteiger partial charge in [-0.25, -0.2) is 9.97 Å². The van der Waals surface area contributed by atoms with Gasteiger partial charge in [0.05, 0.1) is 36.3 Å². The number of nitrogens with two attached hydrogens (primary N) is 2. The largest absolute Gasteiger partial charge is 0.496 e. The van der Waals surface area contributed by atoms with E-state index in [0.717, 1.165) is 21.1 Å². The topological polar surface area (TPSA) is 201 Å². The number of primary amides is 2. The molecular weight excluding hydrogens is 811 g/mol. The van der Waals surface area contributed by atoms with Crippen LogP contribution in [0.4, 0.5) is 0 Å². The first-order valence-electron chi connectivity index (χ1n) is 18.2. The molecule has 1 aliphatic heterocycles. The maximum Gasteiger partial charge on any atom is 0.496 e. The number of amides is 2. The lowest BCUT2D eigenvalue weighted by atomic mass is 9.80. The van der Waals surface area contributed by atoms with Crippen molar-refractivity contribution < 1.29 is 47.4 Å². The first-order chi connectivity index (χ1) is 27.0. The van der Waals surface area contributed by atoms with Crippen LogP contribution in [0.15, 0.2) is 89.7 Å². The van der Waals surface area contributed by atoms with Crippen molar-refractivity contribution in [3.05, 3.63) is 101 Å². The Hall–Kier alpha value is -5.32. The molecule has 1 aliphatic rings. The highest BCUT2D eigenvalue weighted by Crippen LogP contribution is 2.36. The number of rotatable bonds is 12. The third kappa shape index (κ3) is 13.1. The lowest BCUT2D eigenvalue weighted by Crippen LogP contribution is -2.41. The van der Waals surface area contributed by atoms with Gasteiger partial charge in [0.15, 0.2) is 0 Å². The standard InChI is InChI=1S/C18H20N2O4.C17H26BNO5.C7H6BrNO/c1-18(2,17(22)23-3)11-24-15-9-8-14(10-20-15)12-4-6-13(7-5-12)16(19)21;1-15(2,14(20)21-7)11-22-13-9-8-12(10-19-13)18-23-16(3,4)17(5,6)24-18;8-6-3-1-5(2-4-6)7(9)10/h4-10H,11H2,1-3H3,(H2,19,21);8-10H,11H2,1-7H3;1-4H,(H2,9,10). The first kappa shape index (κ1) is 47.1. The summed E-state index contributed by atoms with van der Waals surface area (Å²) in [6, 6.07) is 21.0. The number of pyridine rings is 2. The maximum absolute atomic E-state index is 11.6. The van der Waals surface area contributed by atoms with Crippen molar-refractivity contribution in [1.82, 2.24) is 9.97 Å². The van der Waals surface area contributed by atoms with Gasteiger partial charge in [0.1, 0.15) is 13.2 Å². The molecule has 16 heteroatoms. The van der Waals surface area contributed by atoms with E-state index < -0.39 is 41.0 Å². The van der Waals surface area contributed by atoms with Gasteiger partial charge in [-0.2, -0.15) is 0 Å². The second kappa shape index (κ2) is 19.9. The zero-order valence-corrected chi connectivity index (χ0v) is 36.2. The summed E-state index contributed by atoms with van der Waals surface area (Å²) in [6.07, 6.45) is 3.34. The van der Waals surface area contributed by atoms with Crippen molar-refractivity contribution in [1.29, 1.82) is 0 Å². The molecule has 2 amide bonds. The number of benzene rings is 2. The van der Waals surface area contributed by atoms with Crippen molar-refractivity contribution in [3.63, 3.8) is 0 Å². The molecule has 310 valence electrons. The molecule has 3 heterocycles. The molecular formula is C42H52BBrN4O10. The Labute approximate surface area is 348 Å². The average Bonchev–Trinajstić information content (AvgIpc) is 3.42. The van der Waals surface area contributed by atoms with Crippen LogP contribution in [0, 0.1) is 10.8 Å². The summed E-state index contributed by atoms with van der Waals surface area (Å²) in [5.74, 6) is -0.661. The van der Waals surface area contributed by atoms with Crippen LogP contribution in [-0.2, 0) is 28.4 Å². The zero-order chi connectivity index (χ0) is 43.5. The number of carbonyl (C=O) groups is 4. The van der Waals surface area contributed by atoms with Crippen LogP contribution in [0.3, 0.4) is 0 Å². The monoisotopic (exact) mass is 862 g/mol. The third-order valence-electron chi connectivity index (χ3n) is 9.29. The zero-order valence-electron chi connectivity index (χ0n) is 34.6. The van der Waals surface area contributed by atoms with Crippen molar-refractivity contribution in [3.8, 4) is 22.9 Å². The predicted molar refractivity (Wildman–Crippen MR) is 223 cm³/mol. The summed E-state index contributed by atoms with van der Waals surface area (Å²) in [4.78, 5) is 53.4. The summed E-state index contributed by atoms with van der Waals surface area (Å²) in [6.45, 7) is 15.4. The van der Waals surface area contributed by atoms with E-state index in [0.29, 0.717) is 22.9 Å². The first-order valence-corrected chi connectivity index (χ1v) is 19.0. The van der Waals surface area contributed by atoms with E-state index in [1.54, 1.807) is 101 Å². The Morgan fingerprint density at radius 3 is 1.40 bits per heavy atom. The molecule has 0 aliphatic carbocycles. The van der Waals surface area contributed by atoms with Crippen LogP contribution in [-0.4, -0.2) is 79.5 Å². The third-order valence-corrected chi connectivity index (χ3v) is 9.82. The van der Waals surface area contributed by atoms with Crippen LogP contribution in [0.1, 0.15) is 76.1 Å². The molecule has 5 rings (SSSR count). The number of hydrogen-bond acceptors (Lipinski definition) is 12. The molecule has 4 N–H and O–H groups in total. The second-order valence-corrected chi connectivity index (χ2v) is 16.5. The number of aromatic nitrogens is 2. The Balaban J connectivity index is 0.000000252. The number of nitrogens with zero attached hydrogens (tertiary/aromatic N) is 2. The highest BCUT2D eigenvalue weighted by Gasteiger charge is 2.51. The number of methoxy groups -OCH3 is 2. The molecule has 2 aromatic carbocycles. The number of halogens is 1. The average molecular weight is 864 g/mol. The second-order valence-electron chi connectivity index (χ2n) is 15.5. The molecule has 4 aromatic rings. The number of esters is 2. The van der Waals surface area contributed by atoms with Gasteiger partial charge in [-0.1, -0.05) is 34.1 Å². The van der Waals surface area contributed by atoms with Crippen molar-refractivity contribution in [2.24, 2.45) is 22.3 Å². The van der Waals surface area contributed by atoms with Gasteiger partial charge in [0.25, 0.3) is 0 Å². The van der Waals surface area contributed by atoms with Gasteiger partial charge in [0, 0.05) is 45.1 Å². The Morgan fingerprint density at radius 2 is 1.03 bits per heavy atom. The Morgan fingerprint density at radius 1 is 0.638 bits per heavy atom. The van der Waals surface area contributed by atoms with E-state index in [1.807, 2.05) is 39.8 Å². The highest BCUT2D eigenvalue weighted by atomic mass is 79.9. The molecule has 0 bridgehead atoms. The van der Waals surface area contributed by atoms with E-state index in [4.69, 9.17) is 39.7 Å². The normalized spacial score (nSPS) is 14.1. The van der Waals surface area contributed by atoms with Gasteiger partial charge in [-0.3, -0.25) is 19.2 Å². The van der Waals surface area contributed by atoms with E-state index in [-0.39, 0.29) is 25.2 Å². The Bertz CT molecular complexity index is 1990. The minimum absolute atomic E-state index is 0.166. The smallest absolute Gasteiger partial charge is 0.476 e. The van der Waals surface area contributed by atoms with E-state index in [1.165, 1.54) is 14.2 Å². The molecule has 14 nitrogen and oxygen atoms in total. The molecule has 0 unspecified atom stereocenters. The van der Waals surface area contributed by atoms with Gasteiger partial charge in [0.2, 0.25) is 23.6 Å². The fourth-order valence-corrected chi connectivity index (χ4v) is 5.12. The fourth-order valence-electron chi connectivity index (χ4n) is 4.85. The number of ether oxygens (including phenoxy) is 4. The minimum Gasteiger partial charge on any atom is -0.476 e. The van der Waals surface area contributed by atoms with Crippen molar-refractivity contribution >= 4 is 52.3 Å². The van der Waals surface area contributed by atoms with Crippen LogP contribution >= 0.6 is 15.9 Å². The van der Waals surface area contributed by atoms with E-state index in [9.17, 15) is 19.2 Å². The summed E-state index contributed by atoms with van der Waals surface area (Å²) >= 11 is 3.24. The Kier molecular flexibility index (Phi) is 16.1. The predicted octanol–water partition coefficient (Wildman–Crippen LogP) is 5.93. The van der Waals surface area contributed by atoms with Crippen molar-refractivity contribution in [2.75, 3.05) is 27.4 Å². The summed E-state index contributed by atoms with van der Waals surface area (Å²) in [5.41, 5.74) is 11.6. The molecule has 2 aromatic heterocycles. The van der Waals surface area contributed by atoms with E-state index >= 15 is 0 Å². The van der Waals surface area contributed by atoms with Gasteiger partial charge in [-0.15, -0.1) is 0 Å². The molecule has 1 fully saturated rings. The molecule has 0 atom stereocenters. The summed E-state index contributed by atoms with van der Waals surface area (Å²) in [5, 5.41) is 0. The number of carbonyl (C=O) groups excluding carboxylic acids is 4. The van der Waals surface area contributed by atoms with E-state index in [2.05, 4.69) is 25.9 Å². The van der Waals surface area contributed by atoms with Gasteiger partial charge < -0.3 is 39.7 Å². The number of hydrogen-bond donors (Lipinski definition) is 2. The minimum atomic E-state index is -0.750. The molecule has 0 saturated carbocycles. The van der Waals surface area contributed by atoms with Crippen LogP contribution in [0.2, 0.25) is 0 Å². The summed E-state index contributed by atoms with van der Waals surface area (Å²) < 4.78 is 33.6. The lowest BCUT2D eigenvalue weighted by molar-refractivity contribution is -0.153. The van der Waals surface area contributed by atoms with Gasteiger partial charge >= 0.3 is 19.1 Å². The molecule has 1 saturated heterocycles. The summed E-state index contributed by atoms with van der Waals surface area (Å²) in [7, 11) is 2.26. The SMILES string of the molecule is COC(=O)C(C)(C)COc1ccc(-c2ccc(C(N)=O)cc2)cn1.COC(=O)C(C)(C)COc1ccc(B2OC(C)(C)C(C)(C)O2)cn1.NC(=O)c1ccc(Br)cc1. The molecule has 0 spiro atoms. The maximum atomic E-state index is 11.6. The van der Waals surface area contributed by atoms with Gasteiger partial charge in [-0.05, 0) is 109 Å². The van der Waals surface area contributed by atoms with Crippen molar-refractivity contribution in [2.45, 2.75) is 66.6 Å². The van der Waals surface area contributed by atoms with Crippen LogP contribution < -0.4 is 26.4 Å². The van der Waals surface area contributed by atoms with Crippen LogP contribution in [0.5, 0.6) is 11.8 Å². The lowest BCUT2D eigenvalue weighted by Gasteiger charge is -2.32. The highest BCUT2D eigenvalue weighted by molar-refractivity contribution is 9.10. The fraction of sp³-hybridized carbons (Fsp3) is 0.381. The molecule has 0 radical (unpaired) electrons. The quantitative estimate of drug-likeness (QED) is 0.126. The molecule has 58 heavy (non-hydrogen) atoms. The van der Waals surface area contributed by atoms with Crippen LogP contribution in [0.25, 0.3) is 11.1 Å².